The first kappa shape index (κ1) is 12.6. The van der Waals surface area contributed by atoms with Crippen LogP contribution in [0.5, 0.6) is 0 Å². The summed E-state index contributed by atoms with van der Waals surface area (Å²) >= 11 is 0. The molecule has 1 aliphatic heterocycles. The number of benzene rings is 1. The van der Waals surface area contributed by atoms with Crippen LogP contribution in [0.1, 0.15) is 37.8 Å². The van der Waals surface area contributed by atoms with Gasteiger partial charge in [0, 0.05) is 18.6 Å². The molecule has 1 atom stereocenters. The van der Waals surface area contributed by atoms with Gasteiger partial charge in [0.1, 0.15) is 0 Å². The van der Waals surface area contributed by atoms with E-state index in [-0.39, 0.29) is 11.6 Å². The number of aliphatic hydroxyl groups excluding tert-OH is 1. The van der Waals surface area contributed by atoms with Crippen molar-refractivity contribution in [1.29, 1.82) is 0 Å². The van der Waals surface area contributed by atoms with Gasteiger partial charge < -0.3 is 5.11 Å². The molecule has 0 amide bonds. The summed E-state index contributed by atoms with van der Waals surface area (Å²) in [4.78, 5) is 2.39. The Morgan fingerprint density at radius 3 is 2.59 bits per heavy atom. The van der Waals surface area contributed by atoms with Gasteiger partial charge >= 0.3 is 0 Å². The summed E-state index contributed by atoms with van der Waals surface area (Å²) in [5.41, 5.74) is 2.83. The number of likely N-dealkylation sites (tertiary alicyclic amines) is 1. The third-order valence-electron chi connectivity index (χ3n) is 3.87. The van der Waals surface area contributed by atoms with Crippen LogP contribution in [0, 0.1) is 6.92 Å². The zero-order valence-corrected chi connectivity index (χ0v) is 11.1. The number of hydrogen-bond donors (Lipinski definition) is 1. The van der Waals surface area contributed by atoms with Gasteiger partial charge in [-0.15, -0.1) is 0 Å². The van der Waals surface area contributed by atoms with E-state index in [1.165, 1.54) is 11.1 Å². The van der Waals surface area contributed by atoms with E-state index in [0.717, 1.165) is 25.9 Å². The smallest absolute Gasteiger partial charge is 0.0668 e. The molecule has 2 nitrogen and oxygen atoms in total. The molecule has 0 radical (unpaired) electrons. The maximum Gasteiger partial charge on any atom is 0.0668 e. The van der Waals surface area contributed by atoms with Crippen molar-refractivity contribution in [3.63, 3.8) is 0 Å². The van der Waals surface area contributed by atoms with Crippen LogP contribution < -0.4 is 0 Å². The molecule has 0 spiro atoms. The lowest BCUT2D eigenvalue weighted by atomic mass is 9.88. The van der Waals surface area contributed by atoms with Crippen molar-refractivity contribution < 1.29 is 5.11 Å². The number of nitrogens with zero attached hydrogens (tertiary/aromatic N) is 1. The van der Waals surface area contributed by atoms with Gasteiger partial charge in [0.2, 0.25) is 0 Å². The fraction of sp³-hybridized carbons (Fsp3) is 0.600. The van der Waals surface area contributed by atoms with Crippen molar-refractivity contribution in [2.24, 2.45) is 0 Å². The monoisotopic (exact) mass is 233 g/mol. The highest BCUT2D eigenvalue weighted by molar-refractivity contribution is 5.21. The molecule has 2 rings (SSSR count). The van der Waals surface area contributed by atoms with Gasteiger partial charge in [-0.3, -0.25) is 4.90 Å². The molecule has 1 aliphatic rings. The van der Waals surface area contributed by atoms with Crippen LogP contribution in [0.15, 0.2) is 24.3 Å². The van der Waals surface area contributed by atoms with Crippen molar-refractivity contribution in [2.45, 2.75) is 51.8 Å². The van der Waals surface area contributed by atoms with Crippen molar-refractivity contribution in [1.82, 2.24) is 4.90 Å². The number of aryl methyl sites for hydroxylation is 1. The summed E-state index contributed by atoms with van der Waals surface area (Å²) in [6.45, 7) is 8.38. The molecule has 94 valence electrons. The second-order valence-electron chi connectivity index (χ2n) is 5.87. The fourth-order valence-electron chi connectivity index (χ4n) is 2.46. The SMILES string of the molecule is Cc1ccc(CN2CC(O)CCC2(C)C)cc1. The lowest BCUT2D eigenvalue weighted by molar-refractivity contribution is -0.00959. The molecule has 1 N–H and O–H groups in total. The van der Waals surface area contributed by atoms with Gasteiger partial charge in [-0.05, 0) is 39.2 Å². The molecular weight excluding hydrogens is 210 g/mol. The van der Waals surface area contributed by atoms with E-state index in [1.807, 2.05) is 0 Å². The third kappa shape index (κ3) is 3.08. The summed E-state index contributed by atoms with van der Waals surface area (Å²) in [7, 11) is 0. The molecule has 2 heteroatoms. The Hall–Kier alpha value is -0.860. The van der Waals surface area contributed by atoms with E-state index in [0.29, 0.717) is 0 Å². The fourth-order valence-corrected chi connectivity index (χ4v) is 2.46. The molecule has 0 aliphatic carbocycles. The first-order valence-electron chi connectivity index (χ1n) is 6.46. The highest BCUT2D eigenvalue weighted by Gasteiger charge is 2.33. The van der Waals surface area contributed by atoms with Gasteiger partial charge in [-0.25, -0.2) is 0 Å². The van der Waals surface area contributed by atoms with Crippen molar-refractivity contribution >= 4 is 0 Å². The van der Waals surface area contributed by atoms with E-state index < -0.39 is 0 Å². The quantitative estimate of drug-likeness (QED) is 0.849. The first-order valence-corrected chi connectivity index (χ1v) is 6.46. The zero-order chi connectivity index (χ0) is 12.5. The highest BCUT2D eigenvalue weighted by Crippen LogP contribution is 2.29. The van der Waals surface area contributed by atoms with Crippen molar-refractivity contribution in [2.75, 3.05) is 6.54 Å². The molecular formula is C15H23NO. The van der Waals surface area contributed by atoms with Crippen LogP contribution in [0.4, 0.5) is 0 Å². The summed E-state index contributed by atoms with van der Waals surface area (Å²) in [6.07, 6.45) is 1.84. The van der Waals surface area contributed by atoms with Crippen molar-refractivity contribution in [3.8, 4) is 0 Å². The molecule has 0 saturated carbocycles. The molecule has 1 heterocycles. The van der Waals surface area contributed by atoms with Crippen LogP contribution in [0.2, 0.25) is 0 Å². The minimum Gasteiger partial charge on any atom is -0.392 e. The van der Waals surface area contributed by atoms with Gasteiger partial charge in [-0.1, -0.05) is 29.8 Å². The number of aliphatic hydroxyl groups is 1. The van der Waals surface area contributed by atoms with Crippen molar-refractivity contribution in [3.05, 3.63) is 35.4 Å². The lowest BCUT2D eigenvalue weighted by Crippen LogP contribution is -2.51. The average Bonchev–Trinajstić information content (AvgIpc) is 2.27. The number of piperidine rings is 1. The van der Waals surface area contributed by atoms with E-state index in [1.54, 1.807) is 0 Å². The third-order valence-corrected chi connectivity index (χ3v) is 3.87. The van der Waals surface area contributed by atoms with E-state index in [2.05, 4.69) is 49.9 Å². The molecule has 1 saturated heterocycles. The van der Waals surface area contributed by atoms with Gasteiger partial charge in [0.15, 0.2) is 0 Å². The average molecular weight is 233 g/mol. The maximum atomic E-state index is 9.79. The molecule has 0 bridgehead atoms. The predicted molar refractivity (Wildman–Crippen MR) is 70.9 cm³/mol. The van der Waals surface area contributed by atoms with Crippen LogP contribution in [-0.2, 0) is 6.54 Å². The summed E-state index contributed by atoms with van der Waals surface area (Å²) in [6, 6.07) is 8.68. The van der Waals surface area contributed by atoms with Gasteiger partial charge in [0.05, 0.1) is 6.10 Å². The van der Waals surface area contributed by atoms with E-state index in [4.69, 9.17) is 0 Å². The molecule has 1 aromatic carbocycles. The molecule has 1 unspecified atom stereocenters. The molecule has 0 aromatic heterocycles. The second kappa shape index (κ2) is 4.79. The Morgan fingerprint density at radius 1 is 1.29 bits per heavy atom. The highest BCUT2D eigenvalue weighted by atomic mass is 16.3. The first-order chi connectivity index (χ1) is 7.97. The van der Waals surface area contributed by atoms with Crippen LogP contribution >= 0.6 is 0 Å². The minimum absolute atomic E-state index is 0.159. The summed E-state index contributed by atoms with van der Waals surface area (Å²) in [5, 5.41) is 9.79. The van der Waals surface area contributed by atoms with E-state index in [9.17, 15) is 5.11 Å². The zero-order valence-electron chi connectivity index (χ0n) is 11.1. The standard InChI is InChI=1S/C15H23NO/c1-12-4-6-13(7-5-12)10-16-11-14(17)8-9-15(16,2)3/h4-7,14,17H,8-11H2,1-3H3. The number of β-amino-alcohol motifs (C(OH)–C–C–N with tert-alkyl or cyclic N) is 1. The van der Waals surface area contributed by atoms with Gasteiger partial charge in [0.25, 0.3) is 0 Å². The minimum atomic E-state index is -0.159. The maximum absolute atomic E-state index is 9.79. The van der Waals surface area contributed by atoms with Crippen LogP contribution in [0.25, 0.3) is 0 Å². The second-order valence-corrected chi connectivity index (χ2v) is 5.87. The van der Waals surface area contributed by atoms with Gasteiger partial charge in [-0.2, -0.15) is 0 Å². The Labute approximate surface area is 104 Å². The Morgan fingerprint density at radius 2 is 1.94 bits per heavy atom. The van der Waals surface area contributed by atoms with Crippen LogP contribution in [-0.4, -0.2) is 28.2 Å². The Bertz CT molecular complexity index is 369. The predicted octanol–water partition coefficient (Wildman–Crippen LogP) is 2.73. The molecule has 17 heavy (non-hydrogen) atoms. The van der Waals surface area contributed by atoms with E-state index >= 15 is 0 Å². The molecule has 1 fully saturated rings. The number of hydrogen-bond acceptors (Lipinski definition) is 2. The largest absolute Gasteiger partial charge is 0.392 e. The summed E-state index contributed by atoms with van der Waals surface area (Å²) in [5.74, 6) is 0. The number of rotatable bonds is 2. The topological polar surface area (TPSA) is 23.5 Å². The normalized spacial score (nSPS) is 24.8. The molecule has 1 aromatic rings. The van der Waals surface area contributed by atoms with Crippen LogP contribution in [0.3, 0.4) is 0 Å². The Kier molecular flexibility index (Phi) is 3.55. The lowest BCUT2D eigenvalue weighted by Gasteiger charge is -2.44. The Balaban J connectivity index is 2.08. The summed E-state index contributed by atoms with van der Waals surface area (Å²) < 4.78 is 0.